The zero-order valence-corrected chi connectivity index (χ0v) is 26.1. The van der Waals surface area contributed by atoms with Gasteiger partial charge in [-0.15, -0.1) is 0 Å². The molecule has 3 rings (SSSR count). The number of carbonyl (C=O) groups excluding carboxylic acids is 2. The highest BCUT2D eigenvalue weighted by Crippen LogP contribution is 2.26. The molecule has 0 aliphatic carbocycles. The third-order valence-electron chi connectivity index (χ3n) is 6.47. The van der Waals surface area contributed by atoms with Crippen LogP contribution in [-0.4, -0.2) is 50.5 Å². The van der Waals surface area contributed by atoms with Crippen LogP contribution >= 0.6 is 27.5 Å². The lowest BCUT2D eigenvalue weighted by Gasteiger charge is -2.34. The topological polar surface area (TPSA) is 86.8 Å². The molecule has 1 atom stereocenters. The Labute approximate surface area is 250 Å². The van der Waals surface area contributed by atoms with Crippen LogP contribution in [0, 0.1) is 6.92 Å². The second-order valence-electron chi connectivity index (χ2n) is 9.70. The van der Waals surface area contributed by atoms with Crippen molar-refractivity contribution in [2.24, 2.45) is 0 Å². The Morgan fingerprint density at radius 2 is 1.68 bits per heavy atom. The van der Waals surface area contributed by atoms with Crippen LogP contribution < -0.4 is 9.62 Å². The molecule has 0 radical (unpaired) electrons. The molecule has 0 heterocycles. The van der Waals surface area contributed by atoms with Gasteiger partial charge in [-0.25, -0.2) is 8.42 Å². The van der Waals surface area contributed by atoms with Crippen LogP contribution in [-0.2, 0) is 32.6 Å². The van der Waals surface area contributed by atoms with Crippen molar-refractivity contribution in [2.45, 2.75) is 45.7 Å². The van der Waals surface area contributed by atoms with Crippen LogP contribution in [0.3, 0.4) is 0 Å². The summed E-state index contributed by atoms with van der Waals surface area (Å²) in [6.07, 6.45) is 3.06. The molecule has 2 amide bonds. The molecule has 10 heteroatoms. The standard InChI is InChI=1S/C30H35BrClN3O4S/c1-4-5-17-33-30(37)28(19-23-9-7-6-8-10-23)34(20-24-11-13-25(31)14-12-24)29(36)21-35(40(3,38)39)27-16-15-26(32)18-22(27)2/h6-16,18,28H,4-5,17,19-21H2,1-3H3,(H,33,37)/t28-/m0/s1. The first-order chi connectivity index (χ1) is 19.0. The lowest BCUT2D eigenvalue weighted by Crippen LogP contribution is -2.53. The molecule has 0 fully saturated rings. The maximum atomic E-state index is 14.1. The number of anilines is 1. The van der Waals surface area contributed by atoms with Gasteiger partial charge in [-0.1, -0.05) is 83.3 Å². The van der Waals surface area contributed by atoms with Crippen LogP contribution in [0.25, 0.3) is 0 Å². The van der Waals surface area contributed by atoms with Gasteiger partial charge in [0.1, 0.15) is 12.6 Å². The molecule has 214 valence electrons. The molecule has 3 aromatic carbocycles. The molecule has 0 spiro atoms. The van der Waals surface area contributed by atoms with Gasteiger partial charge >= 0.3 is 0 Å². The number of sulfonamides is 1. The van der Waals surface area contributed by atoms with Gasteiger partial charge in [0.2, 0.25) is 21.8 Å². The number of aryl methyl sites for hydroxylation is 1. The predicted octanol–water partition coefficient (Wildman–Crippen LogP) is 5.73. The molecule has 0 saturated carbocycles. The smallest absolute Gasteiger partial charge is 0.244 e. The molecular formula is C30H35BrClN3O4S. The number of benzene rings is 3. The second kappa shape index (κ2) is 14.7. The summed E-state index contributed by atoms with van der Waals surface area (Å²) in [4.78, 5) is 29.2. The van der Waals surface area contributed by atoms with Crippen molar-refractivity contribution in [1.29, 1.82) is 0 Å². The molecule has 7 nitrogen and oxygen atoms in total. The van der Waals surface area contributed by atoms with Crippen LogP contribution in [0.4, 0.5) is 5.69 Å². The number of carbonyl (C=O) groups is 2. The van der Waals surface area contributed by atoms with Crippen molar-refractivity contribution in [2.75, 3.05) is 23.7 Å². The van der Waals surface area contributed by atoms with Crippen molar-refractivity contribution < 1.29 is 18.0 Å². The minimum Gasteiger partial charge on any atom is -0.354 e. The number of halogens is 2. The average molecular weight is 649 g/mol. The summed E-state index contributed by atoms with van der Waals surface area (Å²) in [5.41, 5.74) is 2.67. The van der Waals surface area contributed by atoms with E-state index in [4.69, 9.17) is 11.6 Å². The van der Waals surface area contributed by atoms with E-state index in [-0.39, 0.29) is 18.9 Å². The highest BCUT2D eigenvalue weighted by Gasteiger charge is 2.33. The van der Waals surface area contributed by atoms with Gasteiger partial charge in [0.05, 0.1) is 11.9 Å². The van der Waals surface area contributed by atoms with E-state index in [0.717, 1.165) is 39.0 Å². The molecule has 40 heavy (non-hydrogen) atoms. The number of rotatable bonds is 13. The van der Waals surface area contributed by atoms with Gasteiger partial charge in [0.15, 0.2) is 0 Å². The third-order valence-corrected chi connectivity index (χ3v) is 8.36. The Morgan fingerprint density at radius 1 is 1.00 bits per heavy atom. The number of amides is 2. The van der Waals surface area contributed by atoms with E-state index < -0.39 is 28.5 Å². The lowest BCUT2D eigenvalue weighted by atomic mass is 10.0. The maximum Gasteiger partial charge on any atom is 0.244 e. The Kier molecular flexibility index (Phi) is 11.6. The Bertz CT molecular complexity index is 1400. The number of hydrogen-bond donors (Lipinski definition) is 1. The zero-order valence-electron chi connectivity index (χ0n) is 22.9. The van der Waals surface area contributed by atoms with Crippen molar-refractivity contribution >= 4 is 55.1 Å². The van der Waals surface area contributed by atoms with E-state index >= 15 is 0 Å². The monoisotopic (exact) mass is 647 g/mol. The van der Waals surface area contributed by atoms with Crippen LogP contribution in [0.1, 0.15) is 36.5 Å². The third kappa shape index (κ3) is 9.08. The number of nitrogens with zero attached hydrogens (tertiary/aromatic N) is 2. The molecule has 3 aromatic rings. The molecular weight excluding hydrogens is 614 g/mol. The largest absolute Gasteiger partial charge is 0.354 e. The highest BCUT2D eigenvalue weighted by atomic mass is 79.9. The molecule has 1 N–H and O–H groups in total. The van der Waals surface area contributed by atoms with Crippen LogP contribution in [0.2, 0.25) is 5.02 Å². The number of nitrogens with one attached hydrogen (secondary N) is 1. The van der Waals surface area contributed by atoms with E-state index in [0.29, 0.717) is 22.8 Å². The summed E-state index contributed by atoms with van der Waals surface area (Å²) >= 11 is 9.55. The lowest BCUT2D eigenvalue weighted by molar-refractivity contribution is -0.140. The summed E-state index contributed by atoms with van der Waals surface area (Å²) in [7, 11) is -3.85. The number of hydrogen-bond acceptors (Lipinski definition) is 4. The Hall–Kier alpha value is -2.88. The minimum atomic E-state index is -3.85. The summed E-state index contributed by atoms with van der Waals surface area (Å²) in [6, 6.07) is 20.9. The van der Waals surface area contributed by atoms with E-state index in [1.807, 2.05) is 61.5 Å². The predicted molar refractivity (Wildman–Crippen MR) is 165 cm³/mol. The normalized spacial score (nSPS) is 12.0. The summed E-state index contributed by atoms with van der Waals surface area (Å²) in [5, 5.41) is 3.44. The van der Waals surface area contributed by atoms with E-state index in [2.05, 4.69) is 21.2 Å². The fourth-order valence-corrected chi connectivity index (χ4v) is 5.74. The first-order valence-electron chi connectivity index (χ1n) is 13.1. The van der Waals surface area contributed by atoms with E-state index in [1.54, 1.807) is 25.1 Å². The molecule has 0 saturated heterocycles. The fourth-order valence-electron chi connectivity index (χ4n) is 4.34. The van der Waals surface area contributed by atoms with Gasteiger partial charge in [0.25, 0.3) is 0 Å². The van der Waals surface area contributed by atoms with E-state index in [9.17, 15) is 18.0 Å². The van der Waals surface area contributed by atoms with Crippen molar-refractivity contribution in [3.63, 3.8) is 0 Å². The van der Waals surface area contributed by atoms with Crippen LogP contribution in [0.15, 0.2) is 77.3 Å². The van der Waals surface area contributed by atoms with Crippen molar-refractivity contribution in [3.8, 4) is 0 Å². The molecule has 0 unspecified atom stereocenters. The van der Waals surface area contributed by atoms with Gasteiger partial charge < -0.3 is 10.2 Å². The SMILES string of the molecule is CCCCNC(=O)[C@H](Cc1ccccc1)N(Cc1ccc(Br)cc1)C(=O)CN(c1ccc(Cl)cc1C)S(C)(=O)=O. The average Bonchev–Trinajstić information content (AvgIpc) is 2.90. The summed E-state index contributed by atoms with van der Waals surface area (Å²) < 4.78 is 27.8. The minimum absolute atomic E-state index is 0.127. The highest BCUT2D eigenvalue weighted by molar-refractivity contribution is 9.10. The zero-order chi connectivity index (χ0) is 29.3. The van der Waals surface area contributed by atoms with Gasteiger partial charge in [0, 0.05) is 29.0 Å². The number of unbranched alkanes of at least 4 members (excludes halogenated alkanes) is 1. The first kappa shape index (κ1) is 31.6. The molecule has 0 aliphatic heterocycles. The summed E-state index contributed by atoms with van der Waals surface area (Å²) in [6.45, 7) is 3.92. The Morgan fingerprint density at radius 3 is 2.27 bits per heavy atom. The van der Waals surface area contributed by atoms with E-state index in [1.165, 1.54) is 4.90 Å². The maximum absolute atomic E-state index is 14.1. The molecule has 0 bridgehead atoms. The molecule has 0 aromatic heterocycles. The molecule has 0 aliphatic rings. The quantitative estimate of drug-likeness (QED) is 0.240. The summed E-state index contributed by atoms with van der Waals surface area (Å²) in [5.74, 6) is -0.773. The first-order valence-corrected chi connectivity index (χ1v) is 16.1. The van der Waals surface area contributed by atoms with Crippen molar-refractivity contribution in [1.82, 2.24) is 10.2 Å². The van der Waals surface area contributed by atoms with Crippen molar-refractivity contribution in [3.05, 3.63) is 99.0 Å². The van der Waals surface area contributed by atoms with Gasteiger partial charge in [-0.05, 0) is 60.4 Å². The fraction of sp³-hybridized carbons (Fsp3) is 0.333. The second-order valence-corrected chi connectivity index (χ2v) is 13.0. The van der Waals surface area contributed by atoms with Crippen LogP contribution in [0.5, 0.6) is 0 Å². The van der Waals surface area contributed by atoms with Gasteiger partial charge in [-0.2, -0.15) is 0 Å². The van der Waals surface area contributed by atoms with Gasteiger partial charge in [-0.3, -0.25) is 13.9 Å². The Balaban J connectivity index is 2.04.